The van der Waals surface area contributed by atoms with Crippen molar-refractivity contribution in [3.05, 3.63) is 56.5 Å². The number of carboxylic acid groups (broad SMARTS) is 1. The van der Waals surface area contributed by atoms with Gasteiger partial charge < -0.3 is 20.3 Å². The summed E-state index contributed by atoms with van der Waals surface area (Å²) >= 11 is 5.40. The number of carboxylic acids is 1. The third-order valence-electron chi connectivity index (χ3n) is 4.78. The maximum Gasteiger partial charge on any atom is 0.325 e. The van der Waals surface area contributed by atoms with Gasteiger partial charge >= 0.3 is 11.5 Å². The lowest BCUT2D eigenvalue weighted by Gasteiger charge is -2.42. The van der Waals surface area contributed by atoms with E-state index in [1.54, 1.807) is 13.8 Å². The fraction of sp³-hybridized carbons (Fsp3) is 0.421. The molecular weight excluding hydrogens is 382 g/mol. The zero-order valence-corrected chi connectivity index (χ0v) is 16.5. The third-order valence-corrected chi connectivity index (χ3v) is 5.22. The molecule has 2 heterocycles. The highest BCUT2D eigenvalue weighted by molar-refractivity contribution is 7.71. The number of hydrogen-bond acceptors (Lipinski definition) is 6. The van der Waals surface area contributed by atoms with Gasteiger partial charge in [0.2, 0.25) is 0 Å². The van der Waals surface area contributed by atoms with Crippen LogP contribution >= 0.6 is 12.2 Å². The lowest BCUT2D eigenvalue weighted by molar-refractivity contribution is -0.138. The minimum atomic E-state index is -1.14. The van der Waals surface area contributed by atoms with Crippen molar-refractivity contribution in [2.75, 3.05) is 6.54 Å². The van der Waals surface area contributed by atoms with Crippen LogP contribution in [0, 0.1) is 4.64 Å². The maximum atomic E-state index is 12.5. The monoisotopic (exact) mass is 405 g/mol. The number of ether oxygens (including phenoxy) is 1. The molecule has 0 amide bonds. The molecule has 150 valence electrons. The highest BCUT2D eigenvalue weighted by atomic mass is 32.1. The van der Waals surface area contributed by atoms with Crippen LogP contribution in [0.25, 0.3) is 0 Å². The average Bonchev–Trinajstić information content (AvgIpc) is 2.63. The van der Waals surface area contributed by atoms with Crippen molar-refractivity contribution < 1.29 is 19.7 Å². The van der Waals surface area contributed by atoms with E-state index in [1.165, 1.54) is 0 Å². The van der Waals surface area contributed by atoms with Crippen LogP contribution in [0.15, 0.2) is 35.1 Å². The van der Waals surface area contributed by atoms with Crippen LogP contribution in [0.2, 0.25) is 0 Å². The minimum Gasteiger partial charge on any atom is -0.480 e. The molecule has 0 spiro atoms. The smallest absolute Gasteiger partial charge is 0.325 e. The molecule has 2 unspecified atom stereocenters. The van der Waals surface area contributed by atoms with Gasteiger partial charge in [-0.05, 0) is 32.4 Å². The molecule has 0 radical (unpaired) electrons. The molecule has 9 heteroatoms. The molecule has 0 saturated heterocycles. The van der Waals surface area contributed by atoms with E-state index in [9.17, 15) is 14.7 Å². The van der Waals surface area contributed by atoms with Gasteiger partial charge in [0, 0.05) is 0 Å². The Morgan fingerprint density at radius 2 is 2.04 bits per heavy atom. The van der Waals surface area contributed by atoms with Gasteiger partial charge in [-0.1, -0.05) is 42.5 Å². The van der Waals surface area contributed by atoms with Gasteiger partial charge in [-0.3, -0.25) is 19.4 Å². The van der Waals surface area contributed by atoms with Crippen LogP contribution in [-0.2, 0) is 17.8 Å². The summed E-state index contributed by atoms with van der Waals surface area (Å²) in [5.41, 5.74) is -0.174. The van der Waals surface area contributed by atoms with Crippen LogP contribution < -0.4 is 15.6 Å². The summed E-state index contributed by atoms with van der Waals surface area (Å²) in [6, 6.07) is 9.18. The van der Waals surface area contributed by atoms with Gasteiger partial charge in [-0.25, -0.2) is 0 Å². The number of nitrogens with one attached hydrogen (secondary N) is 2. The highest BCUT2D eigenvalue weighted by Gasteiger charge is 2.45. The van der Waals surface area contributed by atoms with Gasteiger partial charge in [-0.2, -0.15) is 0 Å². The Bertz CT molecular complexity index is 983. The van der Waals surface area contributed by atoms with Crippen LogP contribution in [0.4, 0.5) is 0 Å². The van der Waals surface area contributed by atoms with E-state index < -0.39 is 35.8 Å². The first kappa shape index (κ1) is 20.2. The molecule has 28 heavy (non-hydrogen) atoms. The Labute approximate surface area is 166 Å². The Morgan fingerprint density at radius 1 is 1.36 bits per heavy atom. The summed E-state index contributed by atoms with van der Waals surface area (Å²) in [4.78, 5) is 23.6. The molecule has 1 aliphatic heterocycles. The molecule has 1 aliphatic rings. The van der Waals surface area contributed by atoms with Gasteiger partial charge in [0.15, 0.2) is 5.75 Å². The Morgan fingerprint density at radius 3 is 2.68 bits per heavy atom. The minimum absolute atomic E-state index is 0.0131. The number of aliphatic carboxylic acids is 1. The summed E-state index contributed by atoms with van der Waals surface area (Å²) < 4.78 is 6.93. The van der Waals surface area contributed by atoms with Gasteiger partial charge in [-0.15, -0.1) is 0 Å². The number of rotatable bonds is 6. The molecule has 3 rings (SSSR count). The highest BCUT2D eigenvalue weighted by Crippen LogP contribution is 2.38. The second-order valence-electron chi connectivity index (χ2n) is 7.29. The quantitative estimate of drug-likeness (QED) is 0.537. The lowest BCUT2D eigenvalue weighted by atomic mass is 9.87. The first-order valence-corrected chi connectivity index (χ1v) is 9.34. The van der Waals surface area contributed by atoms with Crippen LogP contribution in [0.1, 0.15) is 31.0 Å². The number of aromatic amines is 1. The van der Waals surface area contributed by atoms with Crippen LogP contribution in [0.3, 0.4) is 0 Å². The van der Waals surface area contributed by atoms with Crippen molar-refractivity contribution in [1.82, 2.24) is 15.1 Å². The van der Waals surface area contributed by atoms with Crippen molar-refractivity contribution in [1.29, 1.82) is 0 Å². The van der Waals surface area contributed by atoms with Crippen molar-refractivity contribution >= 4 is 18.2 Å². The van der Waals surface area contributed by atoms with Crippen LogP contribution in [-0.4, -0.2) is 44.2 Å². The fourth-order valence-corrected chi connectivity index (χ4v) is 3.65. The zero-order chi connectivity index (χ0) is 20.5. The second kappa shape index (κ2) is 7.86. The average molecular weight is 405 g/mol. The van der Waals surface area contributed by atoms with Crippen molar-refractivity contribution in [2.45, 2.75) is 44.6 Å². The molecular formula is C19H23N3O5S. The standard InChI is InChI=1S/C19H23N3O5S/c1-19(2)16(25)14(20-9-8-11-6-4-3-5-7-11)13-15(27-19)17(26)21-22(18(13)28)10-12(23)24/h3-7,14,16,20,25H,8-10H2,1-2H3,(H,21,26)(H,23,24). The summed E-state index contributed by atoms with van der Waals surface area (Å²) in [6.45, 7) is 3.42. The van der Waals surface area contributed by atoms with Crippen molar-refractivity contribution in [3.63, 3.8) is 0 Å². The first-order valence-electron chi connectivity index (χ1n) is 8.94. The molecule has 0 saturated carbocycles. The SMILES string of the molecule is CC1(C)Oc2c(c(=S)n(CC(=O)O)[nH]c2=O)C(NCCc2ccccc2)C1O. The first-order chi connectivity index (χ1) is 13.2. The topological polar surface area (TPSA) is 117 Å². The summed E-state index contributed by atoms with van der Waals surface area (Å²) in [6.07, 6.45) is -0.274. The largest absolute Gasteiger partial charge is 0.480 e. The predicted molar refractivity (Wildman–Crippen MR) is 105 cm³/mol. The molecule has 0 aliphatic carbocycles. The van der Waals surface area contributed by atoms with Crippen molar-refractivity contribution in [2.24, 2.45) is 0 Å². The molecule has 2 atom stereocenters. The number of aliphatic hydroxyl groups excluding tert-OH is 1. The van der Waals surface area contributed by atoms with E-state index >= 15 is 0 Å². The van der Waals surface area contributed by atoms with Gasteiger partial charge in [0.05, 0.1) is 11.6 Å². The van der Waals surface area contributed by atoms with E-state index in [2.05, 4.69) is 10.4 Å². The predicted octanol–water partition coefficient (Wildman–Crippen LogP) is 1.40. The Balaban J connectivity index is 1.97. The van der Waals surface area contributed by atoms with E-state index in [0.29, 0.717) is 18.5 Å². The van der Waals surface area contributed by atoms with E-state index in [1.807, 2.05) is 30.3 Å². The Hall–Kier alpha value is -2.49. The number of aromatic nitrogens is 2. The maximum absolute atomic E-state index is 12.5. The number of H-pyrrole nitrogens is 1. The molecule has 1 aromatic carbocycles. The molecule has 0 bridgehead atoms. The van der Waals surface area contributed by atoms with Gasteiger partial charge in [0.1, 0.15) is 22.9 Å². The molecule has 1 aromatic heterocycles. The Kier molecular flexibility index (Phi) is 5.69. The second-order valence-corrected chi connectivity index (χ2v) is 7.67. The molecule has 8 nitrogen and oxygen atoms in total. The van der Waals surface area contributed by atoms with Crippen LogP contribution in [0.5, 0.6) is 5.75 Å². The van der Waals surface area contributed by atoms with E-state index in [4.69, 9.17) is 22.1 Å². The van der Waals surface area contributed by atoms with E-state index in [0.717, 1.165) is 10.2 Å². The number of benzene rings is 1. The number of nitrogens with zero attached hydrogens (tertiary/aromatic N) is 1. The third kappa shape index (κ3) is 4.01. The molecule has 2 aromatic rings. The molecule has 4 N–H and O–H groups in total. The normalized spacial score (nSPS) is 20.2. The summed E-state index contributed by atoms with van der Waals surface area (Å²) in [5, 5.41) is 25.6. The number of carbonyl (C=O) groups is 1. The zero-order valence-electron chi connectivity index (χ0n) is 15.6. The summed E-state index contributed by atoms with van der Waals surface area (Å²) in [7, 11) is 0. The lowest BCUT2D eigenvalue weighted by Crippen LogP contribution is -2.54. The summed E-state index contributed by atoms with van der Waals surface area (Å²) in [5.74, 6) is -1.13. The number of aliphatic hydroxyl groups is 1. The number of fused-ring (bicyclic) bond motifs is 1. The fourth-order valence-electron chi connectivity index (χ4n) is 3.32. The van der Waals surface area contributed by atoms with Crippen molar-refractivity contribution in [3.8, 4) is 5.75 Å². The molecule has 0 fully saturated rings. The number of hydrogen-bond donors (Lipinski definition) is 4. The van der Waals surface area contributed by atoms with E-state index in [-0.39, 0.29) is 10.4 Å². The van der Waals surface area contributed by atoms with Gasteiger partial charge in [0.25, 0.3) is 0 Å².